The van der Waals surface area contributed by atoms with Crippen molar-refractivity contribution < 1.29 is 4.42 Å². The monoisotopic (exact) mass is 231 g/mol. The Balaban J connectivity index is 2.23. The Morgan fingerprint density at radius 3 is 2.88 bits per heavy atom. The molecule has 0 aliphatic rings. The molecule has 2 rings (SSSR count). The summed E-state index contributed by atoms with van der Waals surface area (Å²) in [5, 5.41) is 4.26. The molecule has 0 unspecified atom stereocenters. The molecule has 90 valence electrons. The number of nitrogens with one attached hydrogen (secondary N) is 1. The second-order valence-corrected chi connectivity index (χ2v) is 4.11. The molecule has 0 aliphatic heterocycles. The normalized spacial score (nSPS) is 10.6. The van der Waals surface area contributed by atoms with Crippen molar-refractivity contribution in [3.63, 3.8) is 0 Å². The number of hydrogen-bond donors (Lipinski definition) is 1. The SMILES string of the molecule is CCCCCNc1cc(=O)oc2ccccc12. The molecule has 0 saturated carbocycles. The van der Waals surface area contributed by atoms with Gasteiger partial charge >= 0.3 is 5.63 Å². The van der Waals surface area contributed by atoms with Gasteiger partial charge in [0.15, 0.2) is 0 Å². The Bertz CT molecular complexity index is 545. The first-order valence-electron chi connectivity index (χ1n) is 6.08. The van der Waals surface area contributed by atoms with Crippen molar-refractivity contribution in [2.75, 3.05) is 11.9 Å². The number of fused-ring (bicyclic) bond motifs is 1. The van der Waals surface area contributed by atoms with E-state index in [-0.39, 0.29) is 5.63 Å². The molecule has 0 fully saturated rings. The number of hydrogen-bond acceptors (Lipinski definition) is 3. The highest BCUT2D eigenvalue weighted by atomic mass is 16.4. The molecule has 0 bridgehead atoms. The molecule has 17 heavy (non-hydrogen) atoms. The van der Waals surface area contributed by atoms with Crippen LogP contribution in [0.5, 0.6) is 0 Å². The van der Waals surface area contributed by atoms with Crippen molar-refractivity contribution in [3.05, 3.63) is 40.8 Å². The smallest absolute Gasteiger partial charge is 0.338 e. The summed E-state index contributed by atoms with van der Waals surface area (Å²) >= 11 is 0. The zero-order valence-electron chi connectivity index (χ0n) is 10.0. The molecule has 0 spiro atoms. The lowest BCUT2D eigenvalue weighted by atomic mass is 10.2. The van der Waals surface area contributed by atoms with E-state index in [1.807, 2.05) is 24.3 Å². The summed E-state index contributed by atoms with van der Waals surface area (Å²) in [4.78, 5) is 11.4. The van der Waals surface area contributed by atoms with Gasteiger partial charge in [-0.15, -0.1) is 0 Å². The Kier molecular flexibility index (Phi) is 3.81. The van der Waals surface area contributed by atoms with Crippen LogP contribution >= 0.6 is 0 Å². The molecule has 0 aliphatic carbocycles. The molecule has 0 radical (unpaired) electrons. The van der Waals surface area contributed by atoms with Gasteiger partial charge in [0.1, 0.15) is 5.58 Å². The number of unbranched alkanes of at least 4 members (excludes halogenated alkanes) is 2. The molecule has 1 heterocycles. The summed E-state index contributed by atoms with van der Waals surface area (Å²) in [6, 6.07) is 9.11. The quantitative estimate of drug-likeness (QED) is 0.633. The van der Waals surface area contributed by atoms with Crippen molar-refractivity contribution in [3.8, 4) is 0 Å². The van der Waals surface area contributed by atoms with E-state index in [0.717, 1.165) is 24.0 Å². The van der Waals surface area contributed by atoms with Gasteiger partial charge < -0.3 is 9.73 Å². The Labute approximate surface area is 100 Å². The number of rotatable bonds is 5. The molecule has 0 atom stereocenters. The standard InChI is InChI=1S/C14H17NO2/c1-2-3-6-9-15-12-10-14(16)17-13-8-5-4-7-11(12)13/h4-5,7-8,10,15H,2-3,6,9H2,1H3. The van der Waals surface area contributed by atoms with E-state index in [9.17, 15) is 4.79 Å². The number of benzene rings is 1. The first-order chi connectivity index (χ1) is 8.31. The lowest BCUT2D eigenvalue weighted by Crippen LogP contribution is -2.06. The van der Waals surface area contributed by atoms with Crippen LogP contribution in [0, 0.1) is 0 Å². The Morgan fingerprint density at radius 2 is 2.06 bits per heavy atom. The maximum absolute atomic E-state index is 11.4. The zero-order chi connectivity index (χ0) is 12.1. The molecular formula is C14H17NO2. The van der Waals surface area contributed by atoms with Gasteiger partial charge in [0.25, 0.3) is 0 Å². The summed E-state index contributed by atoms with van der Waals surface area (Å²) in [7, 11) is 0. The van der Waals surface area contributed by atoms with Crippen LogP contribution in [0.4, 0.5) is 5.69 Å². The molecule has 1 N–H and O–H groups in total. The van der Waals surface area contributed by atoms with Crippen LogP contribution in [0.15, 0.2) is 39.5 Å². The van der Waals surface area contributed by atoms with Crippen LogP contribution in [0.2, 0.25) is 0 Å². The third-order valence-electron chi connectivity index (χ3n) is 2.75. The van der Waals surface area contributed by atoms with Gasteiger partial charge in [0.2, 0.25) is 0 Å². The van der Waals surface area contributed by atoms with Crippen LogP contribution in [-0.4, -0.2) is 6.54 Å². The fourth-order valence-electron chi connectivity index (χ4n) is 1.86. The van der Waals surface area contributed by atoms with E-state index in [4.69, 9.17) is 4.42 Å². The number of para-hydroxylation sites is 1. The van der Waals surface area contributed by atoms with Gasteiger partial charge in [-0.1, -0.05) is 31.9 Å². The second-order valence-electron chi connectivity index (χ2n) is 4.11. The fourth-order valence-corrected chi connectivity index (χ4v) is 1.86. The molecule has 3 nitrogen and oxygen atoms in total. The lowest BCUT2D eigenvalue weighted by Gasteiger charge is -2.07. The summed E-state index contributed by atoms with van der Waals surface area (Å²) < 4.78 is 5.13. The van der Waals surface area contributed by atoms with E-state index in [2.05, 4.69) is 12.2 Å². The summed E-state index contributed by atoms with van der Waals surface area (Å²) in [5.74, 6) is 0. The number of anilines is 1. The minimum absolute atomic E-state index is 0.304. The molecule has 0 saturated heterocycles. The van der Waals surface area contributed by atoms with E-state index in [1.54, 1.807) is 0 Å². The first-order valence-corrected chi connectivity index (χ1v) is 6.08. The van der Waals surface area contributed by atoms with Crippen LogP contribution in [0.3, 0.4) is 0 Å². The molecule has 1 aromatic heterocycles. The molecule has 3 heteroatoms. The van der Waals surface area contributed by atoms with Crippen LogP contribution in [-0.2, 0) is 0 Å². The molecule has 1 aromatic carbocycles. The van der Waals surface area contributed by atoms with Gasteiger partial charge in [0.05, 0.1) is 5.69 Å². The van der Waals surface area contributed by atoms with Crippen LogP contribution in [0.1, 0.15) is 26.2 Å². The highest BCUT2D eigenvalue weighted by molar-refractivity contribution is 5.89. The van der Waals surface area contributed by atoms with E-state index in [1.165, 1.54) is 18.9 Å². The van der Waals surface area contributed by atoms with Crippen LogP contribution < -0.4 is 10.9 Å². The van der Waals surface area contributed by atoms with Crippen molar-refractivity contribution in [1.29, 1.82) is 0 Å². The minimum Gasteiger partial charge on any atom is -0.423 e. The Morgan fingerprint density at radius 1 is 1.24 bits per heavy atom. The van der Waals surface area contributed by atoms with Crippen LogP contribution in [0.25, 0.3) is 11.0 Å². The third kappa shape index (κ3) is 2.87. The minimum atomic E-state index is -0.304. The maximum atomic E-state index is 11.4. The summed E-state index contributed by atoms with van der Waals surface area (Å²) in [5.41, 5.74) is 1.20. The fraction of sp³-hybridized carbons (Fsp3) is 0.357. The summed E-state index contributed by atoms with van der Waals surface area (Å²) in [6.07, 6.45) is 3.51. The van der Waals surface area contributed by atoms with Gasteiger partial charge in [-0.25, -0.2) is 4.79 Å². The molecule has 2 aromatic rings. The first kappa shape index (κ1) is 11.7. The predicted octanol–water partition coefficient (Wildman–Crippen LogP) is 3.40. The topological polar surface area (TPSA) is 42.2 Å². The maximum Gasteiger partial charge on any atom is 0.338 e. The predicted molar refractivity (Wildman–Crippen MR) is 70.5 cm³/mol. The largest absolute Gasteiger partial charge is 0.423 e. The van der Waals surface area contributed by atoms with Crippen molar-refractivity contribution in [2.45, 2.75) is 26.2 Å². The third-order valence-corrected chi connectivity index (χ3v) is 2.75. The molecule has 0 amide bonds. The van der Waals surface area contributed by atoms with E-state index >= 15 is 0 Å². The highest BCUT2D eigenvalue weighted by Gasteiger charge is 2.03. The second kappa shape index (κ2) is 5.53. The van der Waals surface area contributed by atoms with E-state index < -0.39 is 0 Å². The molecular weight excluding hydrogens is 214 g/mol. The zero-order valence-corrected chi connectivity index (χ0v) is 10.0. The van der Waals surface area contributed by atoms with Gasteiger partial charge in [-0.3, -0.25) is 0 Å². The highest BCUT2D eigenvalue weighted by Crippen LogP contribution is 2.20. The average Bonchev–Trinajstić information content (AvgIpc) is 2.34. The average molecular weight is 231 g/mol. The van der Waals surface area contributed by atoms with Gasteiger partial charge in [-0.2, -0.15) is 0 Å². The van der Waals surface area contributed by atoms with Crippen molar-refractivity contribution in [2.24, 2.45) is 0 Å². The van der Waals surface area contributed by atoms with Gasteiger partial charge in [0, 0.05) is 18.0 Å². The van der Waals surface area contributed by atoms with Crippen molar-refractivity contribution >= 4 is 16.7 Å². The van der Waals surface area contributed by atoms with E-state index in [0.29, 0.717) is 5.58 Å². The van der Waals surface area contributed by atoms with Gasteiger partial charge in [-0.05, 0) is 18.6 Å². The lowest BCUT2D eigenvalue weighted by molar-refractivity contribution is 0.561. The summed E-state index contributed by atoms with van der Waals surface area (Å²) in [6.45, 7) is 3.06. The Hall–Kier alpha value is -1.77. The van der Waals surface area contributed by atoms with Crippen molar-refractivity contribution in [1.82, 2.24) is 0 Å².